The second-order valence-electron chi connectivity index (χ2n) is 4.58. The molecule has 1 heterocycles. The second-order valence-corrected chi connectivity index (χ2v) is 4.58. The van der Waals surface area contributed by atoms with Gasteiger partial charge in [-0.05, 0) is 25.5 Å². The molecule has 1 fully saturated rings. The van der Waals surface area contributed by atoms with Gasteiger partial charge in [-0.1, -0.05) is 18.2 Å². The van der Waals surface area contributed by atoms with Crippen LogP contribution in [0.15, 0.2) is 24.3 Å². The van der Waals surface area contributed by atoms with Crippen molar-refractivity contribution in [1.29, 1.82) is 0 Å². The Balaban J connectivity index is 0.00000144. The molecule has 2 rings (SSSR count). The number of para-hydroxylation sites is 1. The zero-order valence-corrected chi connectivity index (χ0v) is 11.3. The van der Waals surface area contributed by atoms with Crippen LogP contribution in [0.3, 0.4) is 0 Å². The first-order valence-electron chi connectivity index (χ1n) is 5.66. The summed E-state index contributed by atoms with van der Waals surface area (Å²) in [6.45, 7) is 4.99. The average molecular weight is 258 g/mol. The quantitative estimate of drug-likeness (QED) is 0.902. The van der Waals surface area contributed by atoms with E-state index in [4.69, 9.17) is 9.47 Å². The van der Waals surface area contributed by atoms with E-state index < -0.39 is 0 Å². The van der Waals surface area contributed by atoms with Crippen LogP contribution >= 0.6 is 12.4 Å². The maximum atomic E-state index is 5.79. The van der Waals surface area contributed by atoms with Crippen LogP contribution in [0.5, 0.6) is 5.75 Å². The molecule has 1 N–H and O–H groups in total. The molecule has 1 aromatic rings. The minimum absolute atomic E-state index is 0. The molecule has 0 bridgehead atoms. The van der Waals surface area contributed by atoms with Crippen LogP contribution in [-0.2, 0) is 11.2 Å². The summed E-state index contributed by atoms with van der Waals surface area (Å²) in [5, 5.41) is 3.45. The Morgan fingerprint density at radius 1 is 1.47 bits per heavy atom. The molecule has 2 unspecified atom stereocenters. The van der Waals surface area contributed by atoms with Crippen LogP contribution in [0, 0.1) is 0 Å². The van der Waals surface area contributed by atoms with Gasteiger partial charge in [-0.2, -0.15) is 0 Å². The second kappa shape index (κ2) is 5.71. The lowest BCUT2D eigenvalue weighted by Gasteiger charge is -2.25. The molecule has 0 spiro atoms. The Morgan fingerprint density at radius 2 is 2.18 bits per heavy atom. The van der Waals surface area contributed by atoms with Crippen molar-refractivity contribution in [3.8, 4) is 5.75 Å². The summed E-state index contributed by atoms with van der Waals surface area (Å²) in [6, 6.07) is 8.49. The Bertz CT molecular complexity index is 372. The summed E-state index contributed by atoms with van der Waals surface area (Å²) in [5.74, 6) is 0.925. The van der Waals surface area contributed by atoms with Crippen molar-refractivity contribution in [2.75, 3.05) is 13.7 Å². The van der Waals surface area contributed by atoms with Gasteiger partial charge in [0.05, 0.1) is 13.7 Å². The zero-order chi connectivity index (χ0) is 11.6. The van der Waals surface area contributed by atoms with Crippen molar-refractivity contribution >= 4 is 12.4 Å². The van der Waals surface area contributed by atoms with Crippen LogP contribution in [0.2, 0.25) is 0 Å². The van der Waals surface area contributed by atoms with Gasteiger partial charge < -0.3 is 9.47 Å². The minimum atomic E-state index is -0.270. The maximum Gasteiger partial charge on any atom is 0.122 e. The van der Waals surface area contributed by atoms with Crippen LogP contribution in [0.1, 0.15) is 19.4 Å². The number of ether oxygens (including phenoxy) is 2. The van der Waals surface area contributed by atoms with E-state index in [9.17, 15) is 0 Å². The summed E-state index contributed by atoms with van der Waals surface area (Å²) >= 11 is 0. The van der Waals surface area contributed by atoms with Gasteiger partial charge >= 0.3 is 0 Å². The Kier molecular flexibility index (Phi) is 4.80. The molecule has 0 aromatic heterocycles. The standard InChI is InChI=1S/C13H19NO2.ClH/c1-10-9-16-13(2,14-10)8-11-6-4-5-7-12(11)15-3;/h4-7,10,14H,8-9H2,1-3H3;1H. The van der Waals surface area contributed by atoms with Crippen molar-refractivity contribution < 1.29 is 9.47 Å². The minimum Gasteiger partial charge on any atom is -0.496 e. The highest BCUT2D eigenvalue weighted by molar-refractivity contribution is 5.85. The number of hydrogen-bond donors (Lipinski definition) is 1. The number of rotatable bonds is 3. The third kappa shape index (κ3) is 3.35. The predicted molar refractivity (Wildman–Crippen MR) is 70.9 cm³/mol. The molecule has 1 saturated heterocycles. The Morgan fingerprint density at radius 3 is 2.76 bits per heavy atom. The number of nitrogens with one attached hydrogen (secondary N) is 1. The first kappa shape index (κ1) is 14.3. The first-order chi connectivity index (χ1) is 7.63. The highest BCUT2D eigenvalue weighted by atomic mass is 35.5. The molecular formula is C13H20ClNO2. The number of benzene rings is 1. The van der Waals surface area contributed by atoms with E-state index in [2.05, 4.69) is 25.2 Å². The van der Waals surface area contributed by atoms with Gasteiger partial charge in [-0.25, -0.2) is 0 Å². The van der Waals surface area contributed by atoms with Gasteiger partial charge in [0.1, 0.15) is 11.5 Å². The summed E-state index contributed by atoms with van der Waals surface area (Å²) in [7, 11) is 1.70. The smallest absolute Gasteiger partial charge is 0.122 e. The molecule has 4 heteroatoms. The van der Waals surface area contributed by atoms with Crippen molar-refractivity contribution in [2.45, 2.75) is 32.0 Å². The summed E-state index contributed by atoms with van der Waals surface area (Å²) in [4.78, 5) is 0. The zero-order valence-electron chi connectivity index (χ0n) is 10.5. The van der Waals surface area contributed by atoms with Gasteiger partial charge in [0.2, 0.25) is 0 Å². The molecule has 0 saturated carbocycles. The Labute approximate surface area is 109 Å². The molecule has 1 aliphatic rings. The highest BCUT2D eigenvalue weighted by Crippen LogP contribution is 2.26. The Hall–Kier alpha value is -0.770. The van der Waals surface area contributed by atoms with Gasteiger partial charge in [0, 0.05) is 12.5 Å². The normalized spacial score (nSPS) is 27.6. The molecule has 1 aromatic carbocycles. The summed E-state index contributed by atoms with van der Waals surface area (Å²) in [6.07, 6.45) is 0.821. The highest BCUT2D eigenvalue weighted by Gasteiger charge is 2.33. The molecule has 17 heavy (non-hydrogen) atoms. The molecular weight excluding hydrogens is 238 g/mol. The fourth-order valence-corrected chi connectivity index (χ4v) is 2.23. The topological polar surface area (TPSA) is 30.5 Å². The van der Waals surface area contributed by atoms with Crippen molar-refractivity contribution in [2.24, 2.45) is 0 Å². The SMILES string of the molecule is COc1ccccc1CC1(C)NC(C)CO1.Cl. The monoisotopic (exact) mass is 257 g/mol. The molecule has 3 nitrogen and oxygen atoms in total. The molecule has 2 atom stereocenters. The fraction of sp³-hybridized carbons (Fsp3) is 0.538. The van der Waals surface area contributed by atoms with Crippen molar-refractivity contribution in [1.82, 2.24) is 5.32 Å². The lowest BCUT2D eigenvalue weighted by molar-refractivity contribution is 0.00650. The third-order valence-electron chi connectivity index (χ3n) is 2.92. The third-order valence-corrected chi connectivity index (χ3v) is 2.92. The molecule has 0 aliphatic carbocycles. The van der Waals surface area contributed by atoms with Gasteiger partial charge in [0.25, 0.3) is 0 Å². The van der Waals surface area contributed by atoms with Crippen molar-refractivity contribution in [3.63, 3.8) is 0 Å². The van der Waals surface area contributed by atoms with Crippen LogP contribution in [0.4, 0.5) is 0 Å². The molecule has 0 radical (unpaired) electrons. The fourth-order valence-electron chi connectivity index (χ4n) is 2.23. The van der Waals surface area contributed by atoms with E-state index in [1.807, 2.05) is 18.2 Å². The maximum absolute atomic E-state index is 5.79. The van der Waals surface area contributed by atoms with Crippen molar-refractivity contribution in [3.05, 3.63) is 29.8 Å². The lowest BCUT2D eigenvalue weighted by Crippen LogP contribution is -2.42. The number of hydrogen-bond acceptors (Lipinski definition) is 3. The number of halogens is 1. The van der Waals surface area contributed by atoms with E-state index in [-0.39, 0.29) is 18.1 Å². The number of methoxy groups -OCH3 is 1. The van der Waals surface area contributed by atoms with E-state index >= 15 is 0 Å². The van der Waals surface area contributed by atoms with Gasteiger partial charge in [-0.3, -0.25) is 5.32 Å². The molecule has 96 valence electrons. The van der Waals surface area contributed by atoms with Gasteiger partial charge in [-0.15, -0.1) is 12.4 Å². The first-order valence-corrected chi connectivity index (χ1v) is 5.66. The van der Waals surface area contributed by atoms with E-state index in [0.717, 1.165) is 18.8 Å². The summed E-state index contributed by atoms with van der Waals surface area (Å²) in [5.41, 5.74) is 0.905. The molecule has 0 amide bonds. The summed E-state index contributed by atoms with van der Waals surface area (Å²) < 4.78 is 11.1. The van der Waals surface area contributed by atoms with E-state index in [1.165, 1.54) is 5.56 Å². The predicted octanol–water partition coefficient (Wildman–Crippen LogP) is 2.38. The largest absolute Gasteiger partial charge is 0.496 e. The average Bonchev–Trinajstić information content (AvgIpc) is 2.59. The lowest BCUT2D eigenvalue weighted by atomic mass is 10.0. The van der Waals surface area contributed by atoms with Crippen LogP contribution in [0.25, 0.3) is 0 Å². The van der Waals surface area contributed by atoms with E-state index in [1.54, 1.807) is 7.11 Å². The van der Waals surface area contributed by atoms with E-state index in [0.29, 0.717) is 6.04 Å². The van der Waals surface area contributed by atoms with Crippen LogP contribution < -0.4 is 10.1 Å². The van der Waals surface area contributed by atoms with Crippen LogP contribution in [-0.4, -0.2) is 25.5 Å². The molecule has 1 aliphatic heterocycles. The van der Waals surface area contributed by atoms with Gasteiger partial charge in [0.15, 0.2) is 0 Å².